The van der Waals surface area contributed by atoms with Gasteiger partial charge in [-0.05, 0) is 43.7 Å². The van der Waals surface area contributed by atoms with E-state index < -0.39 is 11.7 Å². The summed E-state index contributed by atoms with van der Waals surface area (Å²) in [5.41, 5.74) is 1.57. The lowest BCUT2D eigenvalue weighted by atomic mass is 10.1. The molecule has 0 spiro atoms. The molecule has 0 unspecified atom stereocenters. The summed E-state index contributed by atoms with van der Waals surface area (Å²) >= 11 is 1.42. The molecule has 8 heteroatoms. The zero-order valence-corrected chi connectivity index (χ0v) is 17.1. The van der Waals surface area contributed by atoms with Gasteiger partial charge in [0.05, 0.1) is 16.9 Å². The number of aryl methyl sites for hydroxylation is 2. The zero-order chi connectivity index (χ0) is 21.3. The summed E-state index contributed by atoms with van der Waals surface area (Å²) in [4.78, 5) is 30.8. The maximum Gasteiger partial charge on any atom is 0.258 e. The summed E-state index contributed by atoms with van der Waals surface area (Å²) in [6.45, 7) is 3.85. The molecule has 2 heterocycles. The van der Waals surface area contributed by atoms with Gasteiger partial charge in [0.25, 0.3) is 11.5 Å². The van der Waals surface area contributed by atoms with Gasteiger partial charge in [0.1, 0.15) is 18.2 Å². The monoisotopic (exact) mass is 423 g/mol. The van der Waals surface area contributed by atoms with Crippen LogP contribution in [0.25, 0.3) is 4.96 Å². The molecular weight excluding hydrogens is 405 g/mol. The lowest BCUT2D eigenvalue weighted by Crippen LogP contribution is -2.16. The van der Waals surface area contributed by atoms with Gasteiger partial charge in [-0.1, -0.05) is 18.2 Å². The highest BCUT2D eigenvalue weighted by atomic mass is 32.1. The van der Waals surface area contributed by atoms with Gasteiger partial charge in [-0.15, -0.1) is 11.3 Å². The van der Waals surface area contributed by atoms with Crippen LogP contribution < -0.4 is 15.6 Å². The van der Waals surface area contributed by atoms with Crippen molar-refractivity contribution >= 4 is 27.9 Å². The fourth-order valence-electron chi connectivity index (χ4n) is 2.97. The van der Waals surface area contributed by atoms with Crippen LogP contribution >= 0.6 is 11.3 Å². The van der Waals surface area contributed by atoms with E-state index in [1.165, 1.54) is 40.0 Å². The molecule has 0 aliphatic carbocycles. The van der Waals surface area contributed by atoms with Crippen LogP contribution in [0.3, 0.4) is 0 Å². The average molecular weight is 423 g/mol. The first kappa shape index (κ1) is 19.8. The first-order valence-corrected chi connectivity index (χ1v) is 10.0. The second-order valence-corrected chi connectivity index (χ2v) is 8.02. The van der Waals surface area contributed by atoms with E-state index in [-0.39, 0.29) is 17.7 Å². The van der Waals surface area contributed by atoms with Crippen molar-refractivity contribution in [1.29, 1.82) is 0 Å². The minimum Gasteiger partial charge on any atom is -0.485 e. The van der Waals surface area contributed by atoms with E-state index in [9.17, 15) is 14.0 Å². The predicted octanol–water partition coefficient (Wildman–Crippen LogP) is 4.34. The number of thiazole rings is 1. The van der Waals surface area contributed by atoms with E-state index in [1.54, 1.807) is 24.4 Å². The quantitative estimate of drug-likeness (QED) is 0.518. The Bertz CT molecular complexity index is 1310. The van der Waals surface area contributed by atoms with Crippen LogP contribution in [-0.2, 0) is 6.61 Å². The highest BCUT2D eigenvalue weighted by Crippen LogP contribution is 2.27. The third-order valence-corrected chi connectivity index (χ3v) is 5.31. The van der Waals surface area contributed by atoms with Gasteiger partial charge in [0.15, 0.2) is 4.96 Å². The number of hydrogen-bond acceptors (Lipinski definition) is 5. The fraction of sp³-hybridized carbons (Fsp3) is 0.136. The van der Waals surface area contributed by atoms with Crippen LogP contribution in [0, 0.1) is 19.7 Å². The SMILES string of the molecule is Cc1ccc(NC(=O)c2ccccc2F)c(OCc2cc(=O)n3cc(C)sc3n2)c1. The van der Waals surface area contributed by atoms with Crippen LogP contribution in [0.1, 0.15) is 26.5 Å². The maximum absolute atomic E-state index is 13.9. The molecule has 1 N–H and O–H groups in total. The molecule has 0 saturated carbocycles. The number of carbonyl (C=O) groups excluding carboxylic acids is 1. The van der Waals surface area contributed by atoms with E-state index in [4.69, 9.17) is 4.74 Å². The Kier molecular flexibility index (Phi) is 5.33. The fourth-order valence-corrected chi connectivity index (χ4v) is 3.82. The van der Waals surface area contributed by atoms with Crippen molar-refractivity contribution in [2.45, 2.75) is 20.5 Å². The summed E-state index contributed by atoms with van der Waals surface area (Å²) in [5, 5.41) is 2.69. The third-order valence-electron chi connectivity index (χ3n) is 4.42. The second kappa shape index (κ2) is 8.08. The van der Waals surface area contributed by atoms with E-state index >= 15 is 0 Å². The van der Waals surface area contributed by atoms with Crippen LogP contribution in [-0.4, -0.2) is 15.3 Å². The molecule has 0 aliphatic rings. The standard InChI is InChI=1S/C22H18FN3O3S/c1-13-7-8-18(25-21(28)16-5-3-4-6-17(16)23)19(9-13)29-12-15-10-20(27)26-11-14(2)30-22(26)24-15/h3-11H,12H2,1-2H3,(H,25,28). The molecule has 0 aliphatic heterocycles. The average Bonchev–Trinajstić information content (AvgIpc) is 3.09. The number of hydrogen-bond donors (Lipinski definition) is 1. The van der Waals surface area contributed by atoms with Crippen LogP contribution in [0.15, 0.2) is 59.5 Å². The van der Waals surface area contributed by atoms with Crippen molar-refractivity contribution in [1.82, 2.24) is 9.38 Å². The zero-order valence-electron chi connectivity index (χ0n) is 16.3. The van der Waals surface area contributed by atoms with Crippen LogP contribution in [0.2, 0.25) is 0 Å². The molecule has 0 fully saturated rings. The Balaban J connectivity index is 1.57. The van der Waals surface area contributed by atoms with Gasteiger partial charge < -0.3 is 10.1 Å². The number of nitrogens with one attached hydrogen (secondary N) is 1. The lowest BCUT2D eigenvalue weighted by molar-refractivity contribution is 0.102. The van der Waals surface area contributed by atoms with Gasteiger partial charge >= 0.3 is 0 Å². The lowest BCUT2D eigenvalue weighted by Gasteiger charge is -2.13. The summed E-state index contributed by atoms with van der Waals surface area (Å²) in [7, 11) is 0. The third kappa shape index (κ3) is 4.08. The van der Waals surface area contributed by atoms with Crippen molar-refractivity contribution < 1.29 is 13.9 Å². The number of fused-ring (bicyclic) bond motifs is 1. The minimum atomic E-state index is -0.603. The highest BCUT2D eigenvalue weighted by molar-refractivity contribution is 7.16. The Morgan fingerprint density at radius 1 is 1.20 bits per heavy atom. The summed E-state index contributed by atoms with van der Waals surface area (Å²) in [5.74, 6) is -0.772. The topological polar surface area (TPSA) is 72.7 Å². The number of benzene rings is 2. The van der Waals surface area contributed by atoms with Crippen LogP contribution in [0.4, 0.5) is 10.1 Å². The predicted molar refractivity (Wildman–Crippen MR) is 114 cm³/mol. The molecular formula is C22H18FN3O3S. The second-order valence-electron chi connectivity index (χ2n) is 6.80. The molecule has 152 valence electrons. The molecule has 0 atom stereocenters. The molecule has 30 heavy (non-hydrogen) atoms. The Labute approximate surface area is 175 Å². The van der Waals surface area contributed by atoms with E-state index in [0.29, 0.717) is 22.1 Å². The maximum atomic E-state index is 13.9. The molecule has 0 bridgehead atoms. The number of rotatable bonds is 5. The van der Waals surface area contributed by atoms with Crippen LogP contribution in [0.5, 0.6) is 5.75 Å². The smallest absolute Gasteiger partial charge is 0.258 e. The Morgan fingerprint density at radius 2 is 2.00 bits per heavy atom. The van der Waals surface area contributed by atoms with E-state index in [2.05, 4.69) is 10.3 Å². The summed E-state index contributed by atoms with van der Waals surface area (Å²) in [6, 6.07) is 12.4. The molecule has 0 radical (unpaired) electrons. The first-order valence-electron chi connectivity index (χ1n) is 9.19. The van der Waals surface area contributed by atoms with E-state index in [0.717, 1.165) is 10.4 Å². The molecule has 0 saturated heterocycles. The molecule has 6 nitrogen and oxygen atoms in total. The van der Waals surface area contributed by atoms with Crippen molar-refractivity contribution in [3.05, 3.63) is 92.6 Å². The van der Waals surface area contributed by atoms with Gasteiger partial charge in [0, 0.05) is 17.1 Å². The molecule has 2 aromatic heterocycles. The first-order chi connectivity index (χ1) is 14.4. The Hall–Kier alpha value is -3.52. The number of halogens is 1. The number of amides is 1. The van der Waals surface area contributed by atoms with E-state index in [1.807, 2.05) is 19.9 Å². The van der Waals surface area contributed by atoms with Crippen molar-refractivity contribution in [2.75, 3.05) is 5.32 Å². The van der Waals surface area contributed by atoms with Gasteiger partial charge in [-0.2, -0.15) is 0 Å². The molecule has 4 rings (SSSR count). The number of carbonyl (C=O) groups is 1. The summed E-state index contributed by atoms with van der Waals surface area (Å²) in [6.07, 6.45) is 1.75. The molecule has 1 amide bonds. The largest absolute Gasteiger partial charge is 0.485 e. The highest BCUT2D eigenvalue weighted by Gasteiger charge is 2.14. The van der Waals surface area contributed by atoms with Crippen molar-refractivity contribution in [3.63, 3.8) is 0 Å². The van der Waals surface area contributed by atoms with Gasteiger partial charge in [-0.25, -0.2) is 9.37 Å². The minimum absolute atomic E-state index is 0.0503. The number of aromatic nitrogens is 2. The molecule has 2 aromatic carbocycles. The van der Waals surface area contributed by atoms with Gasteiger partial charge in [0.2, 0.25) is 0 Å². The van der Waals surface area contributed by atoms with Crippen molar-refractivity contribution in [2.24, 2.45) is 0 Å². The number of nitrogens with zero attached hydrogens (tertiary/aromatic N) is 2. The number of anilines is 1. The van der Waals surface area contributed by atoms with Crippen molar-refractivity contribution in [3.8, 4) is 5.75 Å². The normalized spacial score (nSPS) is 10.9. The molecule has 4 aromatic rings. The number of ether oxygens (including phenoxy) is 1. The Morgan fingerprint density at radius 3 is 2.80 bits per heavy atom. The van der Waals surface area contributed by atoms with Gasteiger partial charge in [-0.3, -0.25) is 14.0 Å². The summed E-state index contributed by atoms with van der Waals surface area (Å²) < 4.78 is 21.3.